The summed E-state index contributed by atoms with van der Waals surface area (Å²) in [6.45, 7) is 3.58. The largest absolute Gasteiger partial charge is 0.700 e. The number of aromatic nitrogens is 1. The van der Waals surface area contributed by atoms with Crippen LogP contribution in [0.5, 0.6) is 5.75 Å². The standard InChI is InChI=1S/C17H19BFNO2/c1-12-8-7-10-14-13-9-5-6-11-15(13)22-18(19,20(12)14)16(21)17(2,3)4/h5-11H,1-4H3. The third kappa shape index (κ3) is 2.04. The average molecular weight is 299 g/mol. The Bertz CT molecular complexity index is 769. The predicted molar refractivity (Wildman–Crippen MR) is 84.2 cm³/mol. The first-order chi connectivity index (χ1) is 10.2. The van der Waals surface area contributed by atoms with E-state index in [2.05, 4.69) is 0 Å². The third-order valence-corrected chi connectivity index (χ3v) is 4.07. The van der Waals surface area contributed by atoms with Gasteiger partial charge in [0.1, 0.15) is 11.4 Å². The number of halogens is 1. The van der Waals surface area contributed by atoms with E-state index in [1.165, 1.54) is 4.48 Å². The van der Waals surface area contributed by atoms with Crippen molar-refractivity contribution in [2.45, 2.75) is 27.7 Å². The zero-order valence-electron chi connectivity index (χ0n) is 13.3. The average Bonchev–Trinajstić information content (AvgIpc) is 2.45. The van der Waals surface area contributed by atoms with Gasteiger partial charge in [-0.25, -0.2) is 0 Å². The zero-order chi connectivity index (χ0) is 16.1. The fourth-order valence-electron chi connectivity index (χ4n) is 3.00. The summed E-state index contributed by atoms with van der Waals surface area (Å²) in [5.74, 6) is 0.410. The van der Waals surface area contributed by atoms with Crippen molar-refractivity contribution in [3.8, 4) is 17.0 Å². The topological polar surface area (TPSA) is 30.2 Å². The van der Waals surface area contributed by atoms with Crippen molar-refractivity contribution in [1.82, 2.24) is 0 Å². The first-order valence-electron chi connectivity index (χ1n) is 7.43. The summed E-state index contributed by atoms with van der Waals surface area (Å²) >= 11 is 0. The molecule has 5 heteroatoms. The number of nitrogens with zero attached hydrogens (tertiary/aromatic N) is 1. The van der Waals surface area contributed by atoms with Gasteiger partial charge >= 0.3 is 6.76 Å². The molecule has 0 bridgehead atoms. The Labute approximate surface area is 129 Å². The molecular weight excluding hydrogens is 280 g/mol. The number of aryl methyl sites for hydroxylation is 1. The Morgan fingerprint density at radius 2 is 1.82 bits per heavy atom. The highest BCUT2D eigenvalue weighted by Crippen LogP contribution is 2.36. The number of hydrogen-bond donors (Lipinski definition) is 0. The summed E-state index contributed by atoms with van der Waals surface area (Å²) in [7, 11) is 0. The van der Waals surface area contributed by atoms with Gasteiger partial charge in [0.25, 0.3) is 0 Å². The van der Waals surface area contributed by atoms with E-state index in [1.807, 2.05) is 24.3 Å². The number of fused-ring (bicyclic) bond motifs is 3. The first kappa shape index (κ1) is 14.8. The molecule has 0 N–H and O–H groups in total. The molecule has 0 aliphatic carbocycles. The van der Waals surface area contributed by atoms with E-state index < -0.39 is 17.9 Å². The Kier molecular flexibility index (Phi) is 3.13. The van der Waals surface area contributed by atoms with Crippen LogP contribution in [0.3, 0.4) is 0 Å². The number of rotatable bonds is 1. The maximum Gasteiger partial charge on any atom is 0.700 e. The van der Waals surface area contributed by atoms with E-state index >= 15 is 4.32 Å². The smallest absolute Gasteiger partial charge is 0.624 e. The number of hydrogen-bond acceptors (Lipinski definition) is 2. The van der Waals surface area contributed by atoms with E-state index in [0.717, 1.165) is 5.56 Å². The second-order valence-corrected chi connectivity index (χ2v) is 6.80. The van der Waals surface area contributed by atoms with Crippen LogP contribution in [-0.4, -0.2) is 12.4 Å². The minimum absolute atomic E-state index is 0.410. The Morgan fingerprint density at radius 1 is 1.14 bits per heavy atom. The molecule has 0 radical (unpaired) electrons. The number of pyridine rings is 1. The number of benzene rings is 1. The molecule has 22 heavy (non-hydrogen) atoms. The lowest BCUT2D eigenvalue weighted by Gasteiger charge is -2.38. The second kappa shape index (κ2) is 4.67. The van der Waals surface area contributed by atoms with Crippen LogP contribution in [0.15, 0.2) is 42.5 Å². The molecule has 2 heterocycles. The summed E-state index contributed by atoms with van der Waals surface area (Å²) in [5, 5.41) is 0. The Morgan fingerprint density at radius 3 is 2.50 bits per heavy atom. The van der Waals surface area contributed by atoms with E-state index in [9.17, 15) is 4.79 Å². The van der Waals surface area contributed by atoms with Crippen LogP contribution in [0.2, 0.25) is 0 Å². The Hall–Kier alpha value is -2.17. The molecule has 2 aromatic rings. The van der Waals surface area contributed by atoms with Gasteiger partial charge in [0.05, 0.1) is 11.3 Å². The number of carbonyl (C=O) groups excluding carboxylic acids is 1. The maximum atomic E-state index is 15.8. The minimum Gasteiger partial charge on any atom is -0.624 e. The molecule has 0 amide bonds. The molecule has 0 saturated carbocycles. The highest BCUT2D eigenvalue weighted by molar-refractivity contribution is 6.91. The quantitative estimate of drug-likeness (QED) is 0.757. The molecule has 1 aliphatic heterocycles. The second-order valence-electron chi connectivity index (χ2n) is 6.80. The molecule has 3 nitrogen and oxygen atoms in total. The number of carbonyl (C=O) groups is 1. The van der Waals surface area contributed by atoms with Gasteiger partial charge in [-0.2, -0.15) is 0 Å². The van der Waals surface area contributed by atoms with Gasteiger partial charge < -0.3 is 18.2 Å². The normalized spacial score (nSPS) is 19.9. The molecular formula is C17H19BFNO2. The highest BCUT2D eigenvalue weighted by atomic mass is 19.1. The van der Waals surface area contributed by atoms with Crippen LogP contribution in [-0.2, 0) is 4.79 Å². The monoisotopic (exact) mass is 299 g/mol. The predicted octanol–water partition coefficient (Wildman–Crippen LogP) is 3.25. The van der Waals surface area contributed by atoms with Crippen LogP contribution in [0, 0.1) is 12.3 Å². The molecule has 1 aliphatic rings. The molecule has 0 spiro atoms. The van der Waals surface area contributed by atoms with Crippen LogP contribution >= 0.6 is 0 Å². The fourth-order valence-corrected chi connectivity index (χ4v) is 3.00. The van der Waals surface area contributed by atoms with Crippen LogP contribution in [0.25, 0.3) is 11.3 Å². The molecule has 3 rings (SSSR count). The molecule has 0 fully saturated rings. The summed E-state index contributed by atoms with van der Waals surface area (Å²) in [4.78, 5) is 12.8. The van der Waals surface area contributed by atoms with Crippen molar-refractivity contribution in [3.05, 3.63) is 48.2 Å². The van der Waals surface area contributed by atoms with Gasteiger partial charge in [0, 0.05) is 19.1 Å². The SMILES string of the molecule is Cc1cccc2[n+]1[B-](F)(C(=O)C(C)(C)C)Oc1ccccc1-2. The molecule has 1 atom stereocenters. The van der Waals surface area contributed by atoms with Crippen molar-refractivity contribution in [1.29, 1.82) is 0 Å². The lowest BCUT2D eigenvalue weighted by molar-refractivity contribution is -0.562. The van der Waals surface area contributed by atoms with E-state index in [1.54, 1.807) is 45.9 Å². The molecule has 1 unspecified atom stereocenters. The van der Waals surface area contributed by atoms with E-state index in [4.69, 9.17) is 4.65 Å². The molecule has 0 saturated heterocycles. The van der Waals surface area contributed by atoms with Crippen LogP contribution < -0.4 is 9.13 Å². The lowest BCUT2D eigenvalue weighted by atomic mass is 9.58. The van der Waals surface area contributed by atoms with Crippen LogP contribution in [0.4, 0.5) is 4.32 Å². The van der Waals surface area contributed by atoms with Crippen molar-refractivity contribution in [2.24, 2.45) is 5.41 Å². The summed E-state index contributed by atoms with van der Waals surface area (Å²) in [6.07, 6.45) is 0. The fraction of sp³-hybridized carbons (Fsp3) is 0.294. The van der Waals surface area contributed by atoms with Crippen molar-refractivity contribution < 1.29 is 18.2 Å². The molecule has 1 aromatic carbocycles. The third-order valence-electron chi connectivity index (χ3n) is 4.07. The summed E-state index contributed by atoms with van der Waals surface area (Å²) in [6, 6.07) is 12.7. The van der Waals surface area contributed by atoms with Crippen molar-refractivity contribution >= 4 is 12.4 Å². The summed E-state index contributed by atoms with van der Waals surface area (Å²) in [5.41, 5.74) is 0.743. The van der Waals surface area contributed by atoms with Gasteiger partial charge in [-0.3, -0.25) is 0 Å². The van der Waals surface area contributed by atoms with E-state index in [-0.39, 0.29) is 0 Å². The Balaban J connectivity index is 2.32. The lowest BCUT2D eigenvalue weighted by Crippen LogP contribution is -2.76. The van der Waals surface area contributed by atoms with Gasteiger partial charge in [-0.1, -0.05) is 32.9 Å². The summed E-state index contributed by atoms with van der Waals surface area (Å²) < 4.78 is 22.9. The number of para-hydroxylation sites is 1. The first-order valence-corrected chi connectivity index (χ1v) is 7.43. The van der Waals surface area contributed by atoms with Gasteiger partial charge in [0.15, 0.2) is 5.69 Å². The zero-order valence-corrected chi connectivity index (χ0v) is 13.3. The minimum atomic E-state index is -3.34. The molecule has 114 valence electrons. The highest BCUT2D eigenvalue weighted by Gasteiger charge is 2.58. The van der Waals surface area contributed by atoms with Crippen LogP contribution in [0.1, 0.15) is 26.5 Å². The van der Waals surface area contributed by atoms with Crippen molar-refractivity contribution in [2.75, 3.05) is 0 Å². The molecule has 1 aromatic heterocycles. The van der Waals surface area contributed by atoms with E-state index in [0.29, 0.717) is 17.1 Å². The maximum absolute atomic E-state index is 15.8. The van der Waals surface area contributed by atoms with Gasteiger partial charge in [-0.15, -0.1) is 0 Å². The van der Waals surface area contributed by atoms with Crippen molar-refractivity contribution in [3.63, 3.8) is 0 Å². The van der Waals surface area contributed by atoms with Gasteiger partial charge in [0.2, 0.25) is 0 Å². The van der Waals surface area contributed by atoms with Gasteiger partial charge in [-0.05, 0) is 23.6 Å².